The first-order valence-electron chi connectivity index (χ1n) is 10.4. The van der Waals surface area contributed by atoms with Crippen molar-refractivity contribution in [2.24, 2.45) is 0 Å². The fourth-order valence-corrected chi connectivity index (χ4v) is 4.70. The molecule has 0 radical (unpaired) electrons. The summed E-state index contributed by atoms with van der Waals surface area (Å²) in [6, 6.07) is 9.94. The number of halogens is 1. The molecule has 2 N–H and O–H groups in total. The molecule has 0 saturated carbocycles. The van der Waals surface area contributed by atoms with Gasteiger partial charge in [-0.05, 0) is 68.0 Å². The lowest BCUT2D eigenvalue weighted by atomic mass is 9.81. The van der Waals surface area contributed by atoms with E-state index in [4.69, 9.17) is 16.3 Å². The summed E-state index contributed by atoms with van der Waals surface area (Å²) in [4.78, 5) is 2.30. The zero-order chi connectivity index (χ0) is 20.8. The molecule has 2 heterocycles. The van der Waals surface area contributed by atoms with Crippen molar-refractivity contribution in [1.82, 2.24) is 4.90 Å². The molecule has 2 aromatic rings. The number of β-amino-alcohol motifs (C(OH)–C–C–N with tert-alkyl or cyclic N) is 1. The summed E-state index contributed by atoms with van der Waals surface area (Å²) < 4.78 is 6.43. The Morgan fingerprint density at radius 1 is 1.10 bits per heavy atom. The maximum atomic E-state index is 10.7. The molecule has 29 heavy (non-hydrogen) atoms. The molecule has 156 valence electrons. The predicted molar refractivity (Wildman–Crippen MR) is 116 cm³/mol. The monoisotopic (exact) mass is 415 g/mol. The van der Waals surface area contributed by atoms with Gasteiger partial charge in [-0.15, -0.1) is 0 Å². The van der Waals surface area contributed by atoms with Gasteiger partial charge in [0, 0.05) is 36.6 Å². The van der Waals surface area contributed by atoms with Crippen LogP contribution in [0.4, 0.5) is 0 Å². The second kappa shape index (κ2) is 7.92. The lowest BCUT2D eigenvalue weighted by Crippen LogP contribution is -2.51. The normalized spacial score (nSPS) is 22.2. The van der Waals surface area contributed by atoms with Gasteiger partial charge in [-0.1, -0.05) is 29.8 Å². The molecular formula is C24H30ClNO3. The van der Waals surface area contributed by atoms with E-state index in [0.717, 1.165) is 48.4 Å². The summed E-state index contributed by atoms with van der Waals surface area (Å²) in [5.74, 6) is 0.759. The summed E-state index contributed by atoms with van der Waals surface area (Å²) in [7, 11) is 0. The molecule has 2 aliphatic rings. The Morgan fingerprint density at radius 2 is 1.83 bits per heavy atom. The van der Waals surface area contributed by atoms with Gasteiger partial charge in [0.2, 0.25) is 0 Å². The summed E-state index contributed by atoms with van der Waals surface area (Å²) >= 11 is 6.23. The van der Waals surface area contributed by atoms with Crippen molar-refractivity contribution in [3.8, 4) is 5.75 Å². The van der Waals surface area contributed by atoms with E-state index in [0.29, 0.717) is 18.0 Å². The smallest absolute Gasteiger partial charge is 0.126 e. The Kier molecular flexibility index (Phi) is 5.64. The van der Waals surface area contributed by atoms with E-state index >= 15 is 0 Å². The van der Waals surface area contributed by atoms with Gasteiger partial charge in [-0.25, -0.2) is 0 Å². The second-order valence-corrected chi connectivity index (χ2v) is 9.21. The molecule has 1 saturated heterocycles. The van der Waals surface area contributed by atoms with Crippen molar-refractivity contribution in [2.45, 2.75) is 57.8 Å². The van der Waals surface area contributed by atoms with Crippen molar-refractivity contribution in [1.29, 1.82) is 0 Å². The number of aryl methyl sites for hydroxylation is 3. The molecule has 0 amide bonds. The van der Waals surface area contributed by atoms with Crippen LogP contribution in [0.15, 0.2) is 30.3 Å². The number of ether oxygens (including phenoxy) is 1. The summed E-state index contributed by atoms with van der Waals surface area (Å²) in [6.45, 7) is 8.42. The SMILES string of the molecule is Cc1ccc([C@@H](O)CN2CCC3(CC2)C[C@@H](O)c2cc(Cl)c(C)cc2O3)cc1C. The second-order valence-electron chi connectivity index (χ2n) is 8.80. The van der Waals surface area contributed by atoms with Crippen LogP contribution in [0, 0.1) is 20.8 Å². The molecule has 5 heteroatoms. The molecule has 1 fully saturated rings. The average molecular weight is 416 g/mol. The maximum Gasteiger partial charge on any atom is 0.126 e. The van der Waals surface area contributed by atoms with E-state index in [9.17, 15) is 10.2 Å². The van der Waals surface area contributed by atoms with Crippen LogP contribution >= 0.6 is 11.6 Å². The van der Waals surface area contributed by atoms with Crippen molar-refractivity contribution in [3.05, 3.63) is 63.2 Å². The van der Waals surface area contributed by atoms with Gasteiger partial charge >= 0.3 is 0 Å². The highest BCUT2D eigenvalue weighted by molar-refractivity contribution is 6.31. The zero-order valence-electron chi connectivity index (χ0n) is 17.4. The average Bonchev–Trinajstić information content (AvgIpc) is 2.68. The molecule has 2 atom stereocenters. The number of benzene rings is 2. The van der Waals surface area contributed by atoms with E-state index in [1.807, 2.05) is 25.1 Å². The van der Waals surface area contributed by atoms with Crippen LogP contribution in [0.5, 0.6) is 5.75 Å². The molecule has 0 aromatic heterocycles. The maximum absolute atomic E-state index is 10.7. The lowest BCUT2D eigenvalue weighted by Gasteiger charge is -2.46. The van der Waals surface area contributed by atoms with Gasteiger partial charge in [0.15, 0.2) is 0 Å². The number of hydrogen-bond donors (Lipinski definition) is 2. The quantitative estimate of drug-likeness (QED) is 0.766. The first-order valence-corrected chi connectivity index (χ1v) is 10.8. The molecule has 0 unspecified atom stereocenters. The van der Waals surface area contributed by atoms with E-state index in [-0.39, 0.29) is 5.60 Å². The van der Waals surface area contributed by atoms with Crippen molar-refractivity contribution < 1.29 is 14.9 Å². The molecular weight excluding hydrogens is 386 g/mol. The fraction of sp³-hybridized carbons (Fsp3) is 0.500. The van der Waals surface area contributed by atoms with Gasteiger partial charge in [0.1, 0.15) is 11.4 Å². The van der Waals surface area contributed by atoms with Crippen LogP contribution in [0.2, 0.25) is 5.02 Å². The third-order valence-corrected chi connectivity index (χ3v) is 7.06. The molecule has 2 aliphatic heterocycles. The van der Waals surface area contributed by atoms with Crippen molar-refractivity contribution in [3.63, 3.8) is 0 Å². The number of likely N-dealkylation sites (tertiary alicyclic amines) is 1. The van der Waals surface area contributed by atoms with Gasteiger partial charge in [-0.3, -0.25) is 0 Å². The van der Waals surface area contributed by atoms with E-state index in [1.165, 1.54) is 11.1 Å². The summed E-state index contributed by atoms with van der Waals surface area (Å²) in [6.07, 6.45) is 1.22. The Labute approximate surface area is 178 Å². The summed E-state index contributed by atoms with van der Waals surface area (Å²) in [5.41, 5.74) is 4.83. The minimum Gasteiger partial charge on any atom is -0.487 e. The number of aliphatic hydroxyl groups excluding tert-OH is 2. The number of hydrogen-bond acceptors (Lipinski definition) is 4. The van der Waals surface area contributed by atoms with E-state index in [1.54, 1.807) is 0 Å². The first kappa shape index (κ1) is 20.7. The fourth-order valence-electron chi connectivity index (χ4n) is 4.53. The largest absolute Gasteiger partial charge is 0.487 e. The van der Waals surface area contributed by atoms with Gasteiger partial charge in [0.25, 0.3) is 0 Å². The minimum atomic E-state index is -0.551. The lowest BCUT2D eigenvalue weighted by molar-refractivity contribution is -0.0588. The van der Waals surface area contributed by atoms with Crippen LogP contribution in [-0.4, -0.2) is 40.3 Å². The zero-order valence-corrected chi connectivity index (χ0v) is 18.2. The highest BCUT2D eigenvalue weighted by Crippen LogP contribution is 2.45. The number of aliphatic hydroxyl groups is 2. The van der Waals surface area contributed by atoms with Crippen LogP contribution in [0.3, 0.4) is 0 Å². The number of piperidine rings is 1. The molecule has 0 bridgehead atoms. The Hall–Kier alpha value is -1.59. The van der Waals surface area contributed by atoms with Crippen LogP contribution in [0.1, 0.15) is 59.3 Å². The van der Waals surface area contributed by atoms with Gasteiger partial charge in [0.05, 0.1) is 12.2 Å². The molecule has 4 rings (SSSR count). The third kappa shape index (κ3) is 4.17. The molecule has 0 aliphatic carbocycles. The van der Waals surface area contributed by atoms with Crippen LogP contribution in [0.25, 0.3) is 0 Å². The van der Waals surface area contributed by atoms with Gasteiger partial charge < -0.3 is 19.8 Å². The Bertz CT molecular complexity index is 905. The summed E-state index contributed by atoms with van der Waals surface area (Å²) in [5, 5.41) is 22.1. The predicted octanol–water partition coefficient (Wildman–Crippen LogP) is 4.65. The van der Waals surface area contributed by atoms with Crippen molar-refractivity contribution >= 4 is 11.6 Å². The molecule has 4 nitrogen and oxygen atoms in total. The highest BCUT2D eigenvalue weighted by atomic mass is 35.5. The number of fused-ring (bicyclic) bond motifs is 1. The van der Waals surface area contributed by atoms with Crippen LogP contribution < -0.4 is 4.74 Å². The van der Waals surface area contributed by atoms with E-state index < -0.39 is 12.2 Å². The Balaban J connectivity index is 1.41. The highest BCUT2D eigenvalue weighted by Gasteiger charge is 2.43. The number of rotatable bonds is 3. The Morgan fingerprint density at radius 3 is 2.52 bits per heavy atom. The minimum absolute atomic E-state index is 0.339. The van der Waals surface area contributed by atoms with Crippen molar-refractivity contribution in [2.75, 3.05) is 19.6 Å². The van der Waals surface area contributed by atoms with Crippen LogP contribution in [-0.2, 0) is 0 Å². The first-order chi connectivity index (χ1) is 13.8. The molecule has 1 spiro atoms. The standard InChI is InChI=1S/C24H30ClNO3/c1-15-4-5-18(10-16(15)2)22(28)14-26-8-6-24(7-9-26)13-21(27)19-12-20(25)17(3)11-23(19)29-24/h4-5,10-12,21-22,27-28H,6-9,13-14H2,1-3H3/t21-,22+/m1/s1. The third-order valence-electron chi connectivity index (χ3n) is 6.66. The molecule has 2 aromatic carbocycles. The van der Waals surface area contributed by atoms with Gasteiger partial charge in [-0.2, -0.15) is 0 Å². The van der Waals surface area contributed by atoms with E-state index in [2.05, 4.69) is 30.9 Å². The number of nitrogens with zero attached hydrogens (tertiary/aromatic N) is 1. The topological polar surface area (TPSA) is 52.9 Å².